The lowest BCUT2D eigenvalue weighted by Crippen LogP contribution is -2.50. The minimum atomic E-state index is -6.27. The molecule has 0 amide bonds. The summed E-state index contributed by atoms with van der Waals surface area (Å²) in [5, 5.41) is 0. The second-order valence-electron chi connectivity index (χ2n) is 6.02. The summed E-state index contributed by atoms with van der Waals surface area (Å²) >= 11 is 0. The van der Waals surface area contributed by atoms with E-state index in [1.165, 1.54) is 13.0 Å². The standard InChI is InChI=1S/C17H12F8O2S/c1-10-2-7-13(8-14(10)18)28(26,27)9-11-3-5-12(6-4-11)15(19,16(20,21)22)17(23,24)25/h2-8H,9H2,1H3. The third-order valence-electron chi connectivity index (χ3n) is 3.99. The van der Waals surface area contributed by atoms with Crippen LogP contribution in [0.15, 0.2) is 47.4 Å². The van der Waals surface area contributed by atoms with E-state index in [-0.39, 0.29) is 23.3 Å². The van der Waals surface area contributed by atoms with Crippen molar-refractivity contribution >= 4 is 9.84 Å². The van der Waals surface area contributed by atoms with Gasteiger partial charge in [0.1, 0.15) is 5.82 Å². The molecule has 0 saturated heterocycles. The monoisotopic (exact) mass is 432 g/mol. The van der Waals surface area contributed by atoms with E-state index in [2.05, 4.69) is 0 Å². The Balaban J connectivity index is 2.38. The molecule has 2 aromatic rings. The topological polar surface area (TPSA) is 34.1 Å². The predicted molar refractivity (Wildman–Crippen MR) is 83.4 cm³/mol. The molecule has 0 aromatic heterocycles. The zero-order valence-electron chi connectivity index (χ0n) is 14.0. The van der Waals surface area contributed by atoms with Gasteiger partial charge in [0.2, 0.25) is 0 Å². The smallest absolute Gasteiger partial charge is 0.223 e. The molecule has 0 aliphatic carbocycles. The lowest BCUT2D eigenvalue weighted by Gasteiger charge is -2.30. The highest BCUT2D eigenvalue weighted by Crippen LogP contribution is 2.53. The molecule has 0 radical (unpaired) electrons. The van der Waals surface area contributed by atoms with Crippen LogP contribution in [0.2, 0.25) is 0 Å². The normalized spacial score (nSPS) is 13.6. The molecule has 2 rings (SSSR count). The molecule has 0 aliphatic heterocycles. The van der Waals surface area contributed by atoms with Gasteiger partial charge in [-0.1, -0.05) is 30.3 Å². The molecule has 0 atom stereocenters. The fraction of sp³-hybridized carbons (Fsp3) is 0.294. The van der Waals surface area contributed by atoms with E-state index >= 15 is 0 Å². The zero-order valence-corrected chi connectivity index (χ0v) is 14.8. The molecular weight excluding hydrogens is 420 g/mol. The summed E-state index contributed by atoms with van der Waals surface area (Å²) in [7, 11) is -4.14. The molecule has 0 N–H and O–H groups in total. The molecule has 0 aliphatic rings. The zero-order chi connectivity index (χ0) is 21.5. The number of rotatable bonds is 4. The van der Waals surface area contributed by atoms with Crippen molar-refractivity contribution < 1.29 is 43.5 Å². The number of hydrogen-bond acceptors (Lipinski definition) is 2. The van der Waals surface area contributed by atoms with E-state index in [9.17, 15) is 43.5 Å². The van der Waals surface area contributed by atoms with Crippen LogP contribution in [-0.2, 0) is 21.3 Å². The number of sulfone groups is 1. The van der Waals surface area contributed by atoms with Crippen molar-refractivity contribution in [1.82, 2.24) is 0 Å². The molecule has 2 nitrogen and oxygen atoms in total. The van der Waals surface area contributed by atoms with Crippen molar-refractivity contribution in [1.29, 1.82) is 0 Å². The molecule has 0 saturated carbocycles. The van der Waals surface area contributed by atoms with E-state index in [1.807, 2.05) is 0 Å². The summed E-state index contributed by atoms with van der Waals surface area (Å²) in [6, 6.07) is 4.80. The summed E-state index contributed by atoms with van der Waals surface area (Å²) in [5.74, 6) is -1.62. The highest BCUT2D eigenvalue weighted by molar-refractivity contribution is 7.90. The maximum absolute atomic E-state index is 13.9. The quantitative estimate of drug-likeness (QED) is 0.607. The maximum Gasteiger partial charge on any atom is 0.435 e. The predicted octanol–water partition coefficient (Wildman–Crippen LogP) is 5.40. The Hall–Kier alpha value is -2.17. The summed E-state index contributed by atoms with van der Waals surface area (Å²) in [6.07, 6.45) is -12.5. The van der Waals surface area contributed by atoms with Crippen LogP contribution < -0.4 is 0 Å². The van der Waals surface area contributed by atoms with Crippen LogP contribution in [0.25, 0.3) is 0 Å². The molecule has 0 bridgehead atoms. The Morgan fingerprint density at radius 3 is 1.75 bits per heavy atom. The number of halogens is 8. The van der Waals surface area contributed by atoms with Crippen LogP contribution in [0.1, 0.15) is 16.7 Å². The third kappa shape index (κ3) is 3.98. The SMILES string of the molecule is Cc1ccc(S(=O)(=O)Cc2ccc(C(F)(C(F)(F)F)C(F)(F)F)cc2)cc1F. The number of hydrogen-bond donors (Lipinski definition) is 0. The molecule has 0 heterocycles. The van der Waals surface area contributed by atoms with Gasteiger partial charge in [0.05, 0.1) is 10.6 Å². The van der Waals surface area contributed by atoms with Gasteiger partial charge in [-0.05, 0) is 30.2 Å². The van der Waals surface area contributed by atoms with Gasteiger partial charge < -0.3 is 0 Å². The molecule has 0 unspecified atom stereocenters. The van der Waals surface area contributed by atoms with Crippen molar-refractivity contribution in [2.45, 2.75) is 35.6 Å². The molecule has 154 valence electrons. The minimum Gasteiger partial charge on any atom is -0.223 e. The second kappa shape index (κ2) is 7.02. The van der Waals surface area contributed by atoms with E-state index in [4.69, 9.17) is 0 Å². The lowest BCUT2D eigenvalue weighted by atomic mass is 9.93. The largest absolute Gasteiger partial charge is 0.435 e. The van der Waals surface area contributed by atoms with Gasteiger partial charge >= 0.3 is 18.0 Å². The van der Waals surface area contributed by atoms with E-state index in [0.717, 1.165) is 12.1 Å². The Bertz CT molecular complexity index is 946. The summed E-state index contributed by atoms with van der Waals surface area (Å²) < 4.78 is 128. The van der Waals surface area contributed by atoms with Gasteiger partial charge in [0, 0.05) is 5.56 Å². The molecule has 2 aromatic carbocycles. The minimum absolute atomic E-state index is 0.182. The average molecular weight is 432 g/mol. The maximum atomic E-state index is 13.9. The molecule has 11 heteroatoms. The second-order valence-corrected chi connectivity index (χ2v) is 8.01. The van der Waals surface area contributed by atoms with Gasteiger partial charge in [0.25, 0.3) is 0 Å². The van der Waals surface area contributed by atoms with Crippen molar-refractivity contribution in [3.05, 3.63) is 65.0 Å². The van der Waals surface area contributed by atoms with E-state index in [1.54, 1.807) is 0 Å². The van der Waals surface area contributed by atoms with Crippen molar-refractivity contribution in [3.8, 4) is 0 Å². The van der Waals surface area contributed by atoms with Gasteiger partial charge in [-0.15, -0.1) is 0 Å². The molecule has 0 fully saturated rings. The first-order valence-electron chi connectivity index (χ1n) is 7.50. The Morgan fingerprint density at radius 1 is 0.821 bits per heavy atom. The van der Waals surface area contributed by atoms with Gasteiger partial charge in [-0.2, -0.15) is 26.3 Å². The average Bonchev–Trinajstić information content (AvgIpc) is 2.54. The van der Waals surface area contributed by atoms with Crippen molar-refractivity contribution in [2.24, 2.45) is 0 Å². The fourth-order valence-electron chi connectivity index (χ4n) is 2.39. The summed E-state index contributed by atoms with van der Waals surface area (Å²) in [5.41, 5.74) is -7.34. The van der Waals surface area contributed by atoms with Crippen molar-refractivity contribution in [3.63, 3.8) is 0 Å². The van der Waals surface area contributed by atoms with Crippen LogP contribution in [-0.4, -0.2) is 20.8 Å². The fourth-order valence-corrected chi connectivity index (χ4v) is 3.74. The Morgan fingerprint density at radius 2 is 1.32 bits per heavy atom. The van der Waals surface area contributed by atoms with Crippen LogP contribution in [0.3, 0.4) is 0 Å². The van der Waals surface area contributed by atoms with Gasteiger partial charge in [-0.3, -0.25) is 0 Å². The molecule has 28 heavy (non-hydrogen) atoms. The number of benzene rings is 2. The Labute approximate surface area is 154 Å². The highest BCUT2D eigenvalue weighted by Gasteiger charge is 2.73. The number of alkyl halides is 7. The van der Waals surface area contributed by atoms with Crippen LogP contribution in [0.4, 0.5) is 35.1 Å². The van der Waals surface area contributed by atoms with E-state index < -0.39 is 49.9 Å². The van der Waals surface area contributed by atoms with Crippen LogP contribution in [0.5, 0.6) is 0 Å². The Kier molecular flexibility index (Phi) is 5.54. The highest BCUT2D eigenvalue weighted by atomic mass is 32.2. The third-order valence-corrected chi connectivity index (χ3v) is 5.68. The summed E-state index contributed by atoms with van der Waals surface area (Å²) in [6.45, 7) is 1.40. The summed E-state index contributed by atoms with van der Waals surface area (Å²) in [4.78, 5) is -0.412. The first-order chi connectivity index (χ1) is 12.6. The first-order valence-corrected chi connectivity index (χ1v) is 9.15. The van der Waals surface area contributed by atoms with Gasteiger partial charge in [-0.25, -0.2) is 17.2 Å². The van der Waals surface area contributed by atoms with Gasteiger partial charge in [0.15, 0.2) is 9.84 Å². The lowest BCUT2D eigenvalue weighted by molar-refractivity contribution is -0.348. The van der Waals surface area contributed by atoms with E-state index in [0.29, 0.717) is 12.1 Å². The first kappa shape index (κ1) is 22.1. The number of aryl methyl sites for hydroxylation is 1. The molecule has 0 spiro atoms. The van der Waals surface area contributed by atoms with Crippen LogP contribution in [0, 0.1) is 12.7 Å². The van der Waals surface area contributed by atoms with Crippen LogP contribution >= 0.6 is 0 Å². The molecular formula is C17H12F8O2S. The van der Waals surface area contributed by atoms with Crippen molar-refractivity contribution in [2.75, 3.05) is 0 Å².